The van der Waals surface area contributed by atoms with Crippen LogP contribution in [0.15, 0.2) is 18.3 Å². The molecular weight excluding hydrogens is 182 g/mol. The molecule has 0 aliphatic rings. The van der Waals surface area contributed by atoms with Gasteiger partial charge in [0.2, 0.25) is 11.8 Å². The number of amides is 1. The molecule has 5 nitrogen and oxygen atoms in total. The van der Waals surface area contributed by atoms with Crippen LogP contribution in [0.4, 0.5) is 5.69 Å². The van der Waals surface area contributed by atoms with Crippen LogP contribution in [0.2, 0.25) is 0 Å². The van der Waals surface area contributed by atoms with E-state index in [9.17, 15) is 4.79 Å². The highest BCUT2D eigenvalue weighted by atomic mass is 16.5. The number of anilines is 1. The van der Waals surface area contributed by atoms with E-state index in [1.54, 1.807) is 19.1 Å². The number of hydrogen-bond donors (Lipinski definition) is 2. The Balaban J connectivity index is 2.64. The number of nitrogens with two attached hydrogens (primary N) is 1. The summed E-state index contributed by atoms with van der Waals surface area (Å²) in [4.78, 5) is 15.1. The Labute approximate surface area is 82.3 Å². The first-order valence-electron chi connectivity index (χ1n) is 4.20. The molecule has 1 aromatic heterocycles. The Bertz CT molecular complexity index is 308. The molecule has 1 rings (SSSR count). The number of ether oxygens (including phenoxy) is 1. The van der Waals surface area contributed by atoms with Gasteiger partial charge in [0.1, 0.15) is 0 Å². The molecule has 1 unspecified atom stereocenters. The number of hydrogen-bond acceptors (Lipinski definition) is 4. The molecule has 0 aliphatic carbocycles. The average molecular weight is 195 g/mol. The SMILES string of the molecule is COc1ccc(NC(=O)C(C)N)cn1. The monoisotopic (exact) mass is 195 g/mol. The van der Waals surface area contributed by atoms with Crippen molar-refractivity contribution < 1.29 is 9.53 Å². The van der Waals surface area contributed by atoms with Crippen molar-refractivity contribution in [1.29, 1.82) is 0 Å². The lowest BCUT2D eigenvalue weighted by Crippen LogP contribution is -2.32. The fourth-order valence-electron chi connectivity index (χ4n) is 0.831. The van der Waals surface area contributed by atoms with Gasteiger partial charge in [0.05, 0.1) is 25.0 Å². The van der Waals surface area contributed by atoms with Crippen molar-refractivity contribution in [2.45, 2.75) is 13.0 Å². The first-order chi connectivity index (χ1) is 6.63. The molecule has 1 atom stereocenters. The third kappa shape index (κ3) is 2.70. The third-order valence-electron chi connectivity index (χ3n) is 1.63. The number of nitrogens with zero attached hydrogens (tertiary/aromatic N) is 1. The molecule has 1 heterocycles. The van der Waals surface area contributed by atoms with Crippen LogP contribution in [-0.4, -0.2) is 24.0 Å². The van der Waals surface area contributed by atoms with E-state index >= 15 is 0 Å². The molecule has 1 amide bonds. The van der Waals surface area contributed by atoms with Crippen molar-refractivity contribution >= 4 is 11.6 Å². The molecule has 0 radical (unpaired) electrons. The minimum absolute atomic E-state index is 0.239. The summed E-state index contributed by atoms with van der Waals surface area (Å²) in [5.74, 6) is 0.265. The summed E-state index contributed by atoms with van der Waals surface area (Å²) in [5, 5.41) is 2.61. The van der Waals surface area contributed by atoms with E-state index in [2.05, 4.69) is 10.3 Å². The maximum absolute atomic E-state index is 11.2. The van der Waals surface area contributed by atoms with Crippen LogP contribution < -0.4 is 15.8 Å². The fraction of sp³-hybridized carbons (Fsp3) is 0.333. The lowest BCUT2D eigenvalue weighted by Gasteiger charge is -2.07. The lowest BCUT2D eigenvalue weighted by molar-refractivity contribution is -0.117. The van der Waals surface area contributed by atoms with Crippen LogP contribution in [-0.2, 0) is 4.79 Å². The summed E-state index contributed by atoms with van der Waals surface area (Å²) in [5.41, 5.74) is 5.99. The summed E-state index contributed by atoms with van der Waals surface area (Å²) < 4.78 is 4.87. The van der Waals surface area contributed by atoms with Crippen molar-refractivity contribution in [2.75, 3.05) is 12.4 Å². The molecule has 3 N–H and O–H groups in total. The van der Waals surface area contributed by atoms with Crippen LogP contribution in [0.5, 0.6) is 5.88 Å². The number of pyridine rings is 1. The van der Waals surface area contributed by atoms with Crippen molar-refractivity contribution in [3.8, 4) is 5.88 Å². The van der Waals surface area contributed by atoms with Crippen molar-refractivity contribution in [3.05, 3.63) is 18.3 Å². The largest absolute Gasteiger partial charge is 0.481 e. The first-order valence-corrected chi connectivity index (χ1v) is 4.20. The number of methoxy groups -OCH3 is 1. The second-order valence-electron chi connectivity index (χ2n) is 2.87. The highest BCUT2D eigenvalue weighted by Gasteiger charge is 2.07. The lowest BCUT2D eigenvalue weighted by atomic mass is 10.3. The molecule has 0 spiro atoms. The summed E-state index contributed by atoms with van der Waals surface area (Å²) in [6.07, 6.45) is 1.51. The maximum atomic E-state index is 11.2. The molecule has 0 aliphatic heterocycles. The van der Waals surface area contributed by atoms with Gasteiger partial charge in [-0.15, -0.1) is 0 Å². The zero-order valence-corrected chi connectivity index (χ0v) is 8.15. The predicted octanol–water partition coefficient (Wildman–Crippen LogP) is 0.376. The van der Waals surface area contributed by atoms with E-state index in [1.165, 1.54) is 13.3 Å². The summed E-state index contributed by atoms with van der Waals surface area (Å²) >= 11 is 0. The molecule has 0 saturated carbocycles. The summed E-state index contributed by atoms with van der Waals surface area (Å²) in [7, 11) is 1.53. The van der Waals surface area contributed by atoms with Gasteiger partial charge in [-0.05, 0) is 13.0 Å². The average Bonchev–Trinajstić information content (AvgIpc) is 2.19. The van der Waals surface area contributed by atoms with Crippen molar-refractivity contribution in [2.24, 2.45) is 5.73 Å². The highest BCUT2D eigenvalue weighted by molar-refractivity contribution is 5.94. The number of carbonyl (C=O) groups is 1. The minimum atomic E-state index is -0.530. The number of carbonyl (C=O) groups excluding carboxylic acids is 1. The van der Waals surface area contributed by atoms with Gasteiger partial charge < -0.3 is 15.8 Å². The highest BCUT2D eigenvalue weighted by Crippen LogP contribution is 2.10. The molecule has 1 aromatic rings. The van der Waals surface area contributed by atoms with Gasteiger partial charge in [-0.2, -0.15) is 0 Å². The van der Waals surface area contributed by atoms with Gasteiger partial charge in [0.15, 0.2) is 0 Å². The first kappa shape index (κ1) is 10.5. The van der Waals surface area contributed by atoms with E-state index in [0.717, 1.165) is 0 Å². The van der Waals surface area contributed by atoms with E-state index in [1.807, 2.05) is 0 Å². The number of rotatable bonds is 3. The van der Waals surface area contributed by atoms with Crippen LogP contribution in [0.3, 0.4) is 0 Å². The van der Waals surface area contributed by atoms with Gasteiger partial charge in [-0.1, -0.05) is 0 Å². The molecule has 0 bridgehead atoms. The molecule has 0 fully saturated rings. The normalized spacial score (nSPS) is 11.9. The molecule has 5 heteroatoms. The molecule has 0 saturated heterocycles. The Hall–Kier alpha value is -1.62. The van der Waals surface area contributed by atoms with E-state index in [-0.39, 0.29) is 5.91 Å². The second-order valence-corrected chi connectivity index (χ2v) is 2.87. The van der Waals surface area contributed by atoms with Crippen molar-refractivity contribution in [3.63, 3.8) is 0 Å². The Kier molecular flexibility index (Phi) is 3.41. The summed E-state index contributed by atoms with van der Waals surface area (Å²) in [6.45, 7) is 1.62. The maximum Gasteiger partial charge on any atom is 0.241 e. The van der Waals surface area contributed by atoms with Gasteiger partial charge in [-0.25, -0.2) is 4.98 Å². The zero-order valence-electron chi connectivity index (χ0n) is 8.15. The van der Waals surface area contributed by atoms with Gasteiger partial charge in [0, 0.05) is 6.07 Å². The van der Waals surface area contributed by atoms with Crippen LogP contribution in [0.1, 0.15) is 6.92 Å². The molecule has 14 heavy (non-hydrogen) atoms. The van der Waals surface area contributed by atoms with E-state index in [4.69, 9.17) is 10.5 Å². The predicted molar refractivity (Wildman–Crippen MR) is 53.1 cm³/mol. The Morgan fingerprint density at radius 3 is 2.79 bits per heavy atom. The zero-order chi connectivity index (χ0) is 10.6. The Morgan fingerprint density at radius 2 is 2.36 bits per heavy atom. The topological polar surface area (TPSA) is 77.2 Å². The van der Waals surface area contributed by atoms with E-state index < -0.39 is 6.04 Å². The van der Waals surface area contributed by atoms with Gasteiger partial charge in [-0.3, -0.25) is 4.79 Å². The smallest absolute Gasteiger partial charge is 0.241 e. The summed E-state index contributed by atoms with van der Waals surface area (Å²) in [6, 6.07) is 2.83. The van der Waals surface area contributed by atoms with Gasteiger partial charge in [0.25, 0.3) is 0 Å². The van der Waals surface area contributed by atoms with Crippen LogP contribution in [0, 0.1) is 0 Å². The van der Waals surface area contributed by atoms with Crippen LogP contribution >= 0.6 is 0 Å². The number of aromatic nitrogens is 1. The fourth-order valence-corrected chi connectivity index (χ4v) is 0.831. The van der Waals surface area contributed by atoms with Crippen LogP contribution in [0.25, 0.3) is 0 Å². The van der Waals surface area contributed by atoms with Crippen molar-refractivity contribution in [1.82, 2.24) is 4.98 Å². The molecule has 76 valence electrons. The molecular formula is C9H13N3O2. The quantitative estimate of drug-likeness (QED) is 0.730. The minimum Gasteiger partial charge on any atom is -0.481 e. The Morgan fingerprint density at radius 1 is 1.64 bits per heavy atom. The van der Waals surface area contributed by atoms with E-state index in [0.29, 0.717) is 11.6 Å². The van der Waals surface area contributed by atoms with Gasteiger partial charge >= 0.3 is 0 Å². The molecule has 0 aromatic carbocycles. The third-order valence-corrected chi connectivity index (χ3v) is 1.63. The second kappa shape index (κ2) is 4.57. The standard InChI is InChI=1S/C9H13N3O2/c1-6(10)9(13)12-7-3-4-8(14-2)11-5-7/h3-6H,10H2,1-2H3,(H,12,13). The number of nitrogens with one attached hydrogen (secondary N) is 1.